The molecule has 2 aromatic carbocycles. The predicted molar refractivity (Wildman–Crippen MR) is 78.7 cm³/mol. The van der Waals surface area contributed by atoms with Crippen LogP contribution in [0.15, 0.2) is 54.6 Å². The molecule has 0 aliphatic heterocycles. The lowest BCUT2D eigenvalue weighted by atomic mass is 10.0. The summed E-state index contributed by atoms with van der Waals surface area (Å²) in [6, 6.07) is 15.4. The largest absolute Gasteiger partial charge is 0.478 e. The molecule has 0 fully saturated rings. The molecule has 0 saturated carbocycles. The van der Waals surface area contributed by atoms with Gasteiger partial charge in [-0.05, 0) is 26.0 Å². The smallest absolute Gasteiger partial charge is 0.347 e. The van der Waals surface area contributed by atoms with Crippen molar-refractivity contribution in [3.63, 3.8) is 0 Å². The van der Waals surface area contributed by atoms with Gasteiger partial charge in [-0.1, -0.05) is 42.5 Å². The van der Waals surface area contributed by atoms with Gasteiger partial charge in [0.1, 0.15) is 5.75 Å². The number of ketones is 1. The van der Waals surface area contributed by atoms with Crippen LogP contribution < -0.4 is 4.74 Å². The fraction of sp³-hybridized carbons (Fsp3) is 0.176. The monoisotopic (exact) mass is 284 g/mol. The van der Waals surface area contributed by atoms with Crippen molar-refractivity contribution in [3.8, 4) is 5.75 Å². The van der Waals surface area contributed by atoms with E-state index in [0.717, 1.165) is 0 Å². The third-order valence-corrected chi connectivity index (χ3v) is 3.05. The molecule has 0 atom stereocenters. The zero-order valence-corrected chi connectivity index (χ0v) is 11.9. The fourth-order valence-electron chi connectivity index (χ4n) is 1.81. The first-order valence-electron chi connectivity index (χ1n) is 6.53. The summed E-state index contributed by atoms with van der Waals surface area (Å²) in [6.45, 7) is 2.89. The molecule has 4 heteroatoms. The maximum Gasteiger partial charge on any atom is 0.347 e. The van der Waals surface area contributed by atoms with Crippen LogP contribution in [-0.2, 0) is 4.79 Å². The lowest BCUT2D eigenvalue weighted by molar-refractivity contribution is -0.152. The first kappa shape index (κ1) is 14.8. The molecule has 108 valence electrons. The van der Waals surface area contributed by atoms with Crippen LogP contribution in [0, 0.1) is 0 Å². The average molecular weight is 284 g/mol. The van der Waals surface area contributed by atoms with Gasteiger partial charge >= 0.3 is 5.97 Å². The number of carbonyl (C=O) groups is 2. The van der Waals surface area contributed by atoms with E-state index in [1.807, 2.05) is 6.07 Å². The Hall–Kier alpha value is -2.62. The Morgan fingerprint density at radius 1 is 0.952 bits per heavy atom. The standard InChI is InChI=1S/C17H16O4/c1-17(2,16(19)20)21-14-11-7-6-10-13(14)15(18)12-8-4-3-5-9-12/h3-11H,1-2H3,(H,19,20). The molecule has 1 N–H and O–H groups in total. The molecule has 4 nitrogen and oxygen atoms in total. The maximum atomic E-state index is 12.5. The summed E-state index contributed by atoms with van der Waals surface area (Å²) in [7, 11) is 0. The molecule has 0 heterocycles. The number of hydrogen-bond acceptors (Lipinski definition) is 3. The van der Waals surface area contributed by atoms with E-state index in [1.54, 1.807) is 48.5 Å². The summed E-state index contributed by atoms with van der Waals surface area (Å²) in [5, 5.41) is 9.14. The van der Waals surface area contributed by atoms with Gasteiger partial charge in [0.25, 0.3) is 0 Å². The highest BCUT2D eigenvalue weighted by Crippen LogP contribution is 2.25. The number of rotatable bonds is 5. The van der Waals surface area contributed by atoms with Crippen LogP contribution in [0.3, 0.4) is 0 Å². The number of carbonyl (C=O) groups excluding carboxylic acids is 1. The number of ether oxygens (including phenoxy) is 1. The van der Waals surface area contributed by atoms with Crippen LogP contribution in [-0.4, -0.2) is 22.5 Å². The zero-order valence-electron chi connectivity index (χ0n) is 11.9. The summed E-state index contributed by atoms with van der Waals surface area (Å²) in [5.41, 5.74) is -0.535. The van der Waals surface area contributed by atoms with Gasteiger partial charge in [0, 0.05) is 5.56 Å². The Kier molecular flexibility index (Phi) is 4.08. The Morgan fingerprint density at radius 2 is 1.52 bits per heavy atom. The number of carboxylic acid groups (broad SMARTS) is 1. The fourth-order valence-corrected chi connectivity index (χ4v) is 1.81. The van der Waals surface area contributed by atoms with Crippen LogP contribution in [0.2, 0.25) is 0 Å². The second-order valence-electron chi connectivity index (χ2n) is 5.11. The lowest BCUT2D eigenvalue weighted by Crippen LogP contribution is -2.38. The Balaban J connectivity index is 2.38. The number of hydrogen-bond donors (Lipinski definition) is 1. The van der Waals surface area contributed by atoms with E-state index in [0.29, 0.717) is 11.1 Å². The van der Waals surface area contributed by atoms with Crippen molar-refractivity contribution in [2.24, 2.45) is 0 Å². The van der Waals surface area contributed by atoms with E-state index in [2.05, 4.69) is 0 Å². The van der Waals surface area contributed by atoms with Gasteiger partial charge in [-0.25, -0.2) is 4.79 Å². The molecule has 0 saturated heterocycles. The van der Waals surface area contributed by atoms with E-state index in [1.165, 1.54) is 13.8 Å². The number of benzene rings is 2. The number of para-hydroxylation sites is 1. The highest BCUT2D eigenvalue weighted by Gasteiger charge is 2.30. The van der Waals surface area contributed by atoms with Gasteiger partial charge in [-0.2, -0.15) is 0 Å². The van der Waals surface area contributed by atoms with Gasteiger partial charge in [0.2, 0.25) is 0 Å². The minimum absolute atomic E-state index is 0.201. The van der Waals surface area contributed by atoms with Gasteiger partial charge in [0.15, 0.2) is 11.4 Å². The lowest BCUT2D eigenvalue weighted by Gasteiger charge is -2.23. The minimum atomic E-state index is -1.41. The van der Waals surface area contributed by atoms with E-state index in [4.69, 9.17) is 9.84 Å². The summed E-state index contributed by atoms with van der Waals surface area (Å²) >= 11 is 0. The summed E-state index contributed by atoms with van der Waals surface area (Å²) in [6.07, 6.45) is 0. The van der Waals surface area contributed by atoms with E-state index >= 15 is 0 Å². The maximum absolute atomic E-state index is 12.5. The summed E-state index contributed by atoms with van der Waals surface area (Å²) < 4.78 is 5.52. The zero-order chi connectivity index (χ0) is 15.5. The molecule has 2 aromatic rings. The molecule has 0 aliphatic rings. The Labute approximate surface area is 123 Å². The third-order valence-electron chi connectivity index (χ3n) is 3.05. The third kappa shape index (κ3) is 3.28. The average Bonchev–Trinajstić information content (AvgIpc) is 2.47. The number of aliphatic carboxylic acids is 1. The van der Waals surface area contributed by atoms with Gasteiger partial charge in [-0.15, -0.1) is 0 Å². The second-order valence-corrected chi connectivity index (χ2v) is 5.11. The molecular weight excluding hydrogens is 268 g/mol. The van der Waals surface area contributed by atoms with Gasteiger partial charge in [-0.3, -0.25) is 4.79 Å². The molecule has 21 heavy (non-hydrogen) atoms. The van der Waals surface area contributed by atoms with Crippen molar-refractivity contribution in [1.29, 1.82) is 0 Å². The van der Waals surface area contributed by atoms with E-state index in [-0.39, 0.29) is 11.5 Å². The highest BCUT2D eigenvalue weighted by molar-refractivity contribution is 6.10. The van der Waals surface area contributed by atoms with Crippen molar-refractivity contribution in [2.75, 3.05) is 0 Å². The van der Waals surface area contributed by atoms with E-state index < -0.39 is 11.6 Å². The SMILES string of the molecule is CC(C)(Oc1ccccc1C(=O)c1ccccc1)C(=O)O. The van der Waals surface area contributed by atoms with Crippen LogP contribution in [0.25, 0.3) is 0 Å². The Morgan fingerprint density at radius 3 is 2.14 bits per heavy atom. The highest BCUT2D eigenvalue weighted by atomic mass is 16.5. The van der Waals surface area contributed by atoms with Crippen molar-refractivity contribution in [3.05, 3.63) is 65.7 Å². The quantitative estimate of drug-likeness (QED) is 0.857. The molecule has 0 aliphatic carbocycles. The Bertz CT molecular complexity index is 660. The van der Waals surface area contributed by atoms with E-state index in [9.17, 15) is 9.59 Å². The first-order chi connectivity index (χ1) is 9.92. The summed E-state index contributed by atoms with van der Waals surface area (Å²) in [4.78, 5) is 23.7. The van der Waals surface area contributed by atoms with Crippen molar-refractivity contribution in [2.45, 2.75) is 19.4 Å². The van der Waals surface area contributed by atoms with Crippen molar-refractivity contribution < 1.29 is 19.4 Å². The molecule has 0 bridgehead atoms. The first-order valence-corrected chi connectivity index (χ1v) is 6.53. The predicted octanol–water partition coefficient (Wildman–Crippen LogP) is 3.16. The molecule has 0 spiro atoms. The van der Waals surface area contributed by atoms with Crippen molar-refractivity contribution >= 4 is 11.8 Å². The molecule has 2 rings (SSSR count). The van der Waals surface area contributed by atoms with Crippen LogP contribution in [0.4, 0.5) is 0 Å². The van der Waals surface area contributed by atoms with Gasteiger partial charge in [0.05, 0.1) is 5.56 Å². The number of carboxylic acids is 1. The molecule has 0 unspecified atom stereocenters. The molecule has 0 radical (unpaired) electrons. The normalized spacial score (nSPS) is 11.0. The minimum Gasteiger partial charge on any atom is -0.478 e. The summed E-state index contributed by atoms with van der Waals surface area (Å²) in [5.74, 6) is -1.03. The van der Waals surface area contributed by atoms with Crippen LogP contribution in [0.5, 0.6) is 5.75 Å². The molecular formula is C17H16O4. The molecule has 0 aromatic heterocycles. The van der Waals surface area contributed by atoms with Crippen molar-refractivity contribution in [1.82, 2.24) is 0 Å². The van der Waals surface area contributed by atoms with Gasteiger partial charge < -0.3 is 9.84 Å². The molecule has 0 amide bonds. The van der Waals surface area contributed by atoms with Crippen LogP contribution in [0.1, 0.15) is 29.8 Å². The van der Waals surface area contributed by atoms with Crippen LogP contribution >= 0.6 is 0 Å². The second kappa shape index (κ2) is 5.79. The topological polar surface area (TPSA) is 63.6 Å².